The number of carbonyl (C=O) groups excluding carboxylic acids is 2. The molecule has 3 N–H and O–H groups in total. The summed E-state index contributed by atoms with van der Waals surface area (Å²) in [5, 5.41) is 2.67. The maximum Gasteiger partial charge on any atom is 0.257 e. The van der Waals surface area contributed by atoms with Gasteiger partial charge in [-0.05, 0) is 26.0 Å². The van der Waals surface area contributed by atoms with Gasteiger partial charge in [-0.25, -0.2) is 4.98 Å². The summed E-state index contributed by atoms with van der Waals surface area (Å²) < 4.78 is 0. The number of aromatic nitrogens is 1. The second kappa shape index (κ2) is 6.74. The predicted octanol–water partition coefficient (Wildman–Crippen LogP) is -0.0554. The number of hydrogen-bond acceptors (Lipinski definition) is 5. The molecule has 1 atom stereocenters. The number of anilines is 1. The van der Waals surface area contributed by atoms with E-state index >= 15 is 0 Å². The van der Waals surface area contributed by atoms with Crippen molar-refractivity contribution in [1.82, 2.24) is 20.1 Å². The Morgan fingerprint density at radius 2 is 2.14 bits per heavy atom. The fraction of sp³-hybridized carbons (Fsp3) is 0.533. The Hall–Kier alpha value is -2.15. The molecule has 7 heteroatoms. The molecule has 7 nitrogen and oxygen atoms in total. The number of rotatable bonds is 3. The molecule has 0 aromatic carbocycles. The van der Waals surface area contributed by atoms with Crippen molar-refractivity contribution < 1.29 is 9.59 Å². The summed E-state index contributed by atoms with van der Waals surface area (Å²) in [4.78, 5) is 32.5. The van der Waals surface area contributed by atoms with Gasteiger partial charge in [0.15, 0.2) is 0 Å². The van der Waals surface area contributed by atoms with Crippen LogP contribution >= 0.6 is 0 Å². The maximum atomic E-state index is 12.6. The van der Waals surface area contributed by atoms with Crippen molar-refractivity contribution in [3.8, 4) is 0 Å². The van der Waals surface area contributed by atoms with Gasteiger partial charge >= 0.3 is 0 Å². The van der Waals surface area contributed by atoms with Crippen molar-refractivity contribution in [2.75, 3.05) is 32.4 Å². The molecule has 0 spiro atoms. The van der Waals surface area contributed by atoms with Gasteiger partial charge in [0.05, 0.1) is 5.56 Å². The summed E-state index contributed by atoms with van der Waals surface area (Å²) in [5.41, 5.74) is 6.16. The SMILES string of the molecule is CNC(=O)C1CN(C(=O)c2cccnc2N)CCN1C(C)C. The van der Waals surface area contributed by atoms with Gasteiger partial charge in [-0.1, -0.05) is 0 Å². The third-order valence-electron chi connectivity index (χ3n) is 3.99. The molecule has 120 valence electrons. The lowest BCUT2D eigenvalue weighted by molar-refractivity contribution is -0.128. The smallest absolute Gasteiger partial charge is 0.257 e. The highest BCUT2D eigenvalue weighted by Gasteiger charge is 2.35. The molecule has 2 rings (SSSR count). The number of nitrogens with two attached hydrogens (primary N) is 1. The number of piperazine rings is 1. The number of likely N-dealkylation sites (N-methyl/N-ethyl adjacent to an activating group) is 1. The van der Waals surface area contributed by atoms with E-state index in [1.807, 2.05) is 13.8 Å². The van der Waals surface area contributed by atoms with Crippen LogP contribution in [0.15, 0.2) is 18.3 Å². The summed E-state index contributed by atoms with van der Waals surface area (Å²) in [6.45, 7) is 5.67. The van der Waals surface area contributed by atoms with Crippen molar-refractivity contribution in [2.45, 2.75) is 25.9 Å². The molecule has 0 bridgehead atoms. The predicted molar refractivity (Wildman–Crippen MR) is 84.2 cm³/mol. The monoisotopic (exact) mass is 305 g/mol. The lowest BCUT2D eigenvalue weighted by atomic mass is 10.1. The molecule has 2 heterocycles. The highest BCUT2D eigenvalue weighted by atomic mass is 16.2. The number of nitrogens with one attached hydrogen (secondary N) is 1. The second-order valence-corrected chi connectivity index (χ2v) is 5.65. The average molecular weight is 305 g/mol. The molecule has 1 aromatic heterocycles. The van der Waals surface area contributed by atoms with E-state index in [9.17, 15) is 9.59 Å². The number of amides is 2. The molecule has 0 aliphatic carbocycles. The van der Waals surface area contributed by atoms with E-state index in [1.54, 1.807) is 30.3 Å². The molecule has 1 saturated heterocycles. The minimum Gasteiger partial charge on any atom is -0.383 e. The van der Waals surface area contributed by atoms with Crippen LogP contribution in [0.3, 0.4) is 0 Å². The van der Waals surface area contributed by atoms with E-state index in [2.05, 4.69) is 15.2 Å². The van der Waals surface area contributed by atoms with Crippen LogP contribution in [0.2, 0.25) is 0 Å². The van der Waals surface area contributed by atoms with Crippen LogP contribution in [0.25, 0.3) is 0 Å². The van der Waals surface area contributed by atoms with Gasteiger partial charge in [0.1, 0.15) is 11.9 Å². The lowest BCUT2D eigenvalue weighted by Gasteiger charge is -2.42. The number of hydrogen-bond donors (Lipinski definition) is 2. The molecule has 1 fully saturated rings. The Balaban J connectivity index is 2.19. The third-order valence-corrected chi connectivity index (χ3v) is 3.99. The van der Waals surface area contributed by atoms with E-state index in [0.29, 0.717) is 25.2 Å². The zero-order valence-corrected chi connectivity index (χ0v) is 13.2. The molecule has 0 saturated carbocycles. The van der Waals surface area contributed by atoms with E-state index in [0.717, 1.165) is 0 Å². The highest BCUT2D eigenvalue weighted by Crippen LogP contribution is 2.18. The van der Waals surface area contributed by atoms with Crippen LogP contribution in [0.4, 0.5) is 5.82 Å². The molecule has 1 aliphatic rings. The Morgan fingerprint density at radius 3 is 2.73 bits per heavy atom. The maximum absolute atomic E-state index is 12.6. The van der Waals surface area contributed by atoms with E-state index < -0.39 is 0 Å². The van der Waals surface area contributed by atoms with Gasteiger partial charge in [0.25, 0.3) is 5.91 Å². The molecular formula is C15H23N5O2. The topological polar surface area (TPSA) is 91.6 Å². The number of pyridine rings is 1. The van der Waals surface area contributed by atoms with Crippen LogP contribution in [0, 0.1) is 0 Å². The van der Waals surface area contributed by atoms with E-state index in [-0.39, 0.29) is 29.7 Å². The molecule has 2 amide bonds. The average Bonchev–Trinajstić information content (AvgIpc) is 2.53. The normalized spacial score (nSPS) is 19.3. The summed E-state index contributed by atoms with van der Waals surface area (Å²) >= 11 is 0. The van der Waals surface area contributed by atoms with Crippen molar-refractivity contribution in [3.63, 3.8) is 0 Å². The third kappa shape index (κ3) is 3.19. The van der Waals surface area contributed by atoms with Crippen LogP contribution < -0.4 is 11.1 Å². The molecule has 0 radical (unpaired) electrons. The number of carbonyl (C=O) groups is 2. The van der Waals surface area contributed by atoms with E-state index in [1.165, 1.54) is 0 Å². The fourth-order valence-electron chi connectivity index (χ4n) is 2.77. The lowest BCUT2D eigenvalue weighted by Crippen LogP contribution is -2.61. The van der Waals surface area contributed by atoms with Crippen molar-refractivity contribution in [3.05, 3.63) is 23.9 Å². The fourth-order valence-corrected chi connectivity index (χ4v) is 2.77. The van der Waals surface area contributed by atoms with Gasteiger partial charge in [-0.15, -0.1) is 0 Å². The zero-order chi connectivity index (χ0) is 16.3. The summed E-state index contributed by atoms with van der Waals surface area (Å²) in [6.07, 6.45) is 1.55. The van der Waals surface area contributed by atoms with Crippen LogP contribution in [-0.4, -0.2) is 65.4 Å². The van der Waals surface area contributed by atoms with Crippen LogP contribution in [0.1, 0.15) is 24.2 Å². The van der Waals surface area contributed by atoms with Gasteiger partial charge in [-0.3, -0.25) is 14.5 Å². The first-order valence-electron chi connectivity index (χ1n) is 7.42. The molecule has 1 aliphatic heterocycles. The van der Waals surface area contributed by atoms with Gasteiger partial charge < -0.3 is 16.0 Å². The minimum absolute atomic E-state index is 0.0784. The zero-order valence-electron chi connectivity index (χ0n) is 13.2. The standard InChI is InChI=1S/C15H23N5O2/c1-10(2)20-8-7-19(9-12(20)14(21)17-3)15(22)11-5-4-6-18-13(11)16/h4-6,10,12H,7-9H2,1-3H3,(H2,16,18)(H,17,21). The molecule has 1 aromatic rings. The first kappa shape index (κ1) is 16.2. The van der Waals surface area contributed by atoms with Gasteiger partial charge in [-0.2, -0.15) is 0 Å². The van der Waals surface area contributed by atoms with E-state index in [4.69, 9.17) is 5.73 Å². The summed E-state index contributed by atoms with van der Waals surface area (Å²) in [6, 6.07) is 3.24. The molecule has 1 unspecified atom stereocenters. The quantitative estimate of drug-likeness (QED) is 0.816. The summed E-state index contributed by atoms with van der Waals surface area (Å²) in [5.74, 6) is -0.0384. The first-order chi connectivity index (χ1) is 10.5. The number of nitrogens with zero attached hydrogens (tertiary/aromatic N) is 3. The van der Waals surface area contributed by atoms with Crippen molar-refractivity contribution in [2.24, 2.45) is 0 Å². The Bertz CT molecular complexity index is 561. The Labute approximate surface area is 130 Å². The Morgan fingerprint density at radius 1 is 1.41 bits per heavy atom. The first-order valence-corrected chi connectivity index (χ1v) is 7.42. The second-order valence-electron chi connectivity index (χ2n) is 5.65. The van der Waals surface area contributed by atoms with Crippen molar-refractivity contribution in [1.29, 1.82) is 0 Å². The largest absolute Gasteiger partial charge is 0.383 e. The minimum atomic E-state index is -0.347. The number of nitrogen functional groups attached to an aromatic ring is 1. The molecular weight excluding hydrogens is 282 g/mol. The summed E-state index contributed by atoms with van der Waals surface area (Å²) in [7, 11) is 1.61. The van der Waals surface area contributed by atoms with Crippen molar-refractivity contribution >= 4 is 17.6 Å². The van der Waals surface area contributed by atoms with Crippen LogP contribution in [0.5, 0.6) is 0 Å². The molecule has 22 heavy (non-hydrogen) atoms. The Kier molecular flexibility index (Phi) is 4.97. The van der Waals surface area contributed by atoms with Crippen LogP contribution in [-0.2, 0) is 4.79 Å². The highest BCUT2D eigenvalue weighted by molar-refractivity contribution is 5.98. The van der Waals surface area contributed by atoms with Gasteiger partial charge in [0, 0.05) is 38.9 Å². The van der Waals surface area contributed by atoms with Gasteiger partial charge in [0.2, 0.25) is 5.91 Å².